The number of benzene rings is 2. The van der Waals surface area contributed by atoms with Gasteiger partial charge < -0.3 is 4.52 Å². The molecule has 0 radical (unpaired) electrons. The van der Waals surface area contributed by atoms with E-state index in [2.05, 4.69) is 21.0 Å². The van der Waals surface area contributed by atoms with Crippen LogP contribution in [-0.4, -0.2) is 22.0 Å². The van der Waals surface area contributed by atoms with E-state index >= 15 is 0 Å². The summed E-state index contributed by atoms with van der Waals surface area (Å²) in [5.41, 5.74) is 5.59. The Labute approximate surface area is 148 Å². The smallest absolute Gasteiger partial charge is 0.269 e. The van der Waals surface area contributed by atoms with Gasteiger partial charge in [-0.1, -0.05) is 35.5 Å². The molecule has 8 heteroatoms. The maximum Gasteiger partial charge on any atom is 0.269 e. The Balaban J connectivity index is 1.46. The molecular weight excluding hydrogens is 339 g/mol. The molecule has 0 bridgehead atoms. The van der Waals surface area contributed by atoms with E-state index in [4.69, 9.17) is 4.52 Å². The van der Waals surface area contributed by atoms with Crippen LogP contribution in [0, 0.1) is 5.82 Å². The minimum absolute atomic E-state index is 0.0557. The highest BCUT2D eigenvalue weighted by atomic mass is 19.1. The first-order valence-corrected chi connectivity index (χ1v) is 7.84. The lowest BCUT2D eigenvalue weighted by Gasteiger charge is -2.06. The Hall–Kier alpha value is -3.55. The van der Waals surface area contributed by atoms with E-state index in [9.17, 15) is 14.0 Å². The van der Waals surface area contributed by atoms with Gasteiger partial charge in [0.25, 0.3) is 5.91 Å². The lowest BCUT2D eigenvalue weighted by Crippen LogP contribution is -2.41. The van der Waals surface area contributed by atoms with E-state index < -0.39 is 17.6 Å². The first-order chi connectivity index (χ1) is 12.6. The van der Waals surface area contributed by atoms with E-state index in [0.717, 1.165) is 17.7 Å². The molecule has 0 saturated heterocycles. The largest absolute Gasteiger partial charge is 0.339 e. The Kier molecular flexibility index (Phi) is 5.33. The highest BCUT2D eigenvalue weighted by Gasteiger charge is 2.11. The molecule has 0 fully saturated rings. The third kappa shape index (κ3) is 4.50. The van der Waals surface area contributed by atoms with Crippen LogP contribution in [-0.2, 0) is 11.2 Å². The molecule has 2 aromatic carbocycles. The monoisotopic (exact) mass is 354 g/mol. The predicted octanol–water partition coefficient (Wildman–Crippen LogP) is 2.27. The van der Waals surface area contributed by atoms with Crippen LogP contribution in [0.3, 0.4) is 0 Å². The van der Waals surface area contributed by atoms with Crippen molar-refractivity contribution in [1.82, 2.24) is 21.0 Å². The first kappa shape index (κ1) is 17.3. The second-order valence-electron chi connectivity index (χ2n) is 5.39. The summed E-state index contributed by atoms with van der Waals surface area (Å²) in [6.45, 7) is 0. The van der Waals surface area contributed by atoms with Crippen molar-refractivity contribution in [1.29, 1.82) is 0 Å². The third-order valence-corrected chi connectivity index (χ3v) is 3.49. The zero-order chi connectivity index (χ0) is 18.4. The summed E-state index contributed by atoms with van der Waals surface area (Å²) >= 11 is 0. The summed E-state index contributed by atoms with van der Waals surface area (Å²) in [5.74, 6) is -0.628. The highest BCUT2D eigenvalue weighted by molar-refractivity contribution is 5.95. The van der Waals surface area contributed by atoms with E-state index in [1.165, 1.54) is 12.1 Å². The van der Waals surface area contributed by atoms with Gasteiger partial charge >= 0.3 is 0 Å². The minimum Gasteiger partial charge on any atom is -0.339 e. The van der Waals surface area contributed by atoms with Gasteiger partial charge in [0.15, 0.2) is 0 Å². The van der Waals surface area contributed by atoms with Crippen molar-refractivity contribution in [2.75, 3.05) is 0 Å². The lowest BCUT2D eigenvalue weighted by atomic mass is 10.2. The molecule has 0 spiro atoms. The Morgan fingerprint density at radius 3 is 2.46 bits per heavy atom. The van der Waals surface area contributed by atoms with E-state index in [-0.39, 0.29) is 18.4 Å². The minimum atomic E-state index is -0.539. The van der Waals surface area contributed by atoms with Crippen molar-refractivity contribution in [2.24, 2.45) is 0 Å². The van der Waals surface area contributed by atoms with E-state index in [0.29, 0.717) is 11.7 Å². The van der Waals surface area contributed by atoms with Crippen LogP contribution in [0.25, 0.3) is 11.4 Å². The summed E-state index contributed by atoms with van der Waals surface area (Å²) in [7, 11) is 0. The van der Waals surface area contributed by atoms with E-state index in [1.54, 1.807) is 0 Å². The van der Waals surface area contributed by atoms with Gasteiger partial charge in [-0.2, -0.15) is 4.98 Å². The SMILES string of the molecule is O=C(CCc1nc(-c2ccccc2)no1)NNC(=O)c1ccc(F)cc1. The predicted molar refractivity (Wildman–Crippen MR) is 90.1 cm³/mol. The number of hydrogen-bond donors (Lipinski definition) is 2. The average molecular weight is 354 g/mol. The van der Waals surface area contributed by atoms with Gasteiger partial charge in [0.1, 0.15) is 5.82 Å². The first-order valence-electron chi connectivity index (χ1n) is 7.84. The van der Waals surface area contributed by atoms with Crippen molar-refractivity contribution in [3.63, 3.8) is 0 Å². The Morgan fingerprint density at radius 2 is 1.73 bits per heavy atom. The fraction of sp³-hybridized carbons (Fsp3) is 0.111. The molecule has 0 saturated carbocycles. The summed E-state index contributed by atoms with van der Waals surface area (Å²) < 4.78 is 17.9. The molecule has 26 heavy (non-hydrogen) atoms. The van der Waals surface area contributed by atoms with Crippen LogP contribution in [0.2, 0.25) is 0 Å². The summed E-state index contributed by atoms with van der Waals surface area (Å²) in [6, 6.07) is 14.3. The number of hydrazine groups is 1. The van der Waals surface area contributed by atoms with Crippen LogP contribution in [0.15, 0.2) is 59.1 Å². The topological polar surface area (TPSA) is 97.1 Å². The number of hydrogen-bond acceptors (Lipinski definition) is 5. The fourth-order valence-corrected chi connectivity index (χ4v) is 2.14. The fourth-order valence-electron chi connectivity index (χ4n) is 2.14. The molecule has 0 aliphatic rings. The quantitative estimate of drug-likeness (QED) is 0.685. The molecule has 3 rings (SSSR count). The molecule has 0 unspecified atom stereocenters. The van der Waals surface area contributed by atoms with Gasteiger partial charge in [0, 0.05) is 24.0 Å². The molecule has 0 atom stereocenters. The number of halogens is 1. The van der Waals surface area contributed by atoms with Crippen molar-refractivity contribution in [3.8, 4) is 11.4 Å². The number of nitrogens with zero attached hydrogens (tertiary/aromatic N) is 2. The standard InChI is InChI=1S/C18H15FN4O3/c19-14-8-6-13(7-9-14)18(25)22-21-15(24)10-11-16-20-17(23-26-16)12-4-2-1-3-5-12/h1-9H,10-11H2,(H,21,24)(H,22,25). The second kappa shape index (κ2) is 8.02. The zero-order valence-corrected chi connectivity index (χ0v) is 13.6. The van der Waals surface area contributed by atoms with Crippen molar-refractivity contribution in [2.45, 2.75) is 12.8 Å². The summed E-state index contributed by atoms with van der Waals surface area (Å²) in [5, 5.41) is 3.87. The summed E-state index contributed by atoms with van der Waals surface area (Å²) in [4.78, 5) is 27.8. The molecule has 2 amide bonds. The molecule has 132 valence electrons. The number of carbonyl (C=O) groups excluding carboxylic acids is 2. The zero-order valence-electron chi connectivity index (χ0n) is 13.6. The third-order valence-electron chi connectivity index (χ3n) is 3.49. The maximum absolute atomic E-state index is 12.8. The Morgan fingerprint density at radius 1 is 1.00 bits per heavy atom. The molecule has 0 aliphatic heterocycles. The number of aryl methyl sites for hydroxylation is 1. The lowest BCUT2D eigenvalue weighted by molar-refractivity contribution is -0.121. The number of nitrogens with one attached hydrogen (secondary N) is 2. The van der Waals surface area contributed by atoms with Crippen LogP contribution in [0.5, 0.6) is 0 Å². The van der Waals surface area contributed by atoms with Crippen LogP contribution in [0.1, 0.15) is 22.7 Å². The number of carbonyl (C=O) groups is 2. The van der Waals surface area contributed by atoms with Crippen LogP contribution >= 0.6 is 0 Å². The number of aromatic nitrogens is 2. The van der Waals surface area contributed by atoms with E-state index in [1.807, 2.05) is 30.3 Å². The average Bonchev–Trinajstić information content (AvgIpc) is 3.15. The molecular formula is C18H15FN4O3. The van der Waals surface area contributed by atoms with Crippen molar-refractivity contribution < 1.29 is 18.5 Å². The van der Waals surface area contributed by atoms with Crippen molar-refractivity contribution in [3.05, 3.63) is 71.9 Å². The molecule has 1 heterocycles. The Bertz CT molecular complexity index is 894. The molecule has 1 aromatic heterocycles. The van der Waals surface area contributed by atoms with Gasteiger partial charge in [0.05, 0.1) is 0 Å². The number of amides is 2. The molecule has 2 N–H and O–H groups in total. The highest BCUT2D eigenvalue weighted by Crippen LogP contribution is 2.15. The molecule has 7 nitrogen and oxygen atoms in total. The van der Waals surface area contributed by atoms with Gasteiger partial charge in [-0.25, -0.2) is 4.39 Å². The maximum atomic E-state index is 12.8. The van der Waals surface area contributed by atoms with Crippen molar-refractivity contribution >= 4 is 11.8 Å². The number of rotatable bonds is 5. The van der Waals surface area contributed by atoms with Crippen LogP contribution in [0.4, 0.5) is 4.39 Å². The van der Waals surface area contributed by atoms with Gasteiger partial charge in [-0.3, -0.25) is 20.4 Å². The molecule has 3 aromatic rings. The second-order valence-corrected chi connectivity index (χ2v) is 5.39. The molecule has 0 aliphatic carbocycles. The normalized spacial score (nSPS) is 10.3. The van der Waals surface area contributed by atoms with Gasteiger partial charge in [0.2, 0.25) is 17.6 Å². The van der Waals surface area contributed by atoms with Gasteiger partial charge in [-0.05, 0) is 24.3 Å². The van der Waals surface area contributed by atoms with Crippen LogP contribution < -0.4 is 10.9 Å². The summed E-state index contributed by atoms with van der Waals surface area (Å²) in [6.07, 6.45) is 0.290. The van der Waals surface area contributed by atoms with Gasteiger partial charge in [-0.15, -0.1) is 0 Å².